The Morgan fingerprint density at radius 1 is 1.06 bits per heavy atom. The molecule has 0 bridgehead atoms. The van der Waals surface area contributed by atoms with Gasteiger partial charge in [-0.25, -0.2) is 0 Å². The van der Waals surface area contributed by atoms with Gasteiger partial charge in [0.15, 0.2) is 0 Å². The van der Waals surface area contributed by atoms with Crippen molar-refractivity contribution in [3.63, 3.8) is 0 Å². The molecule has 0 saturated carbocycles. The predicted octanol–water partition coefficient (Wildman–Crippen LogP) is -2.72. The molecule has 0 spiro atoms. The molecule has 1 aromatic carbocycles. The van der Waals surface area contributed by atoms with E-state index in [1.807, 2.05) is 0 Å². The van der Waals surface area contributed by atoms with E-state index in [0.29, 0.717) is 12.1 Å². The molecule has 1 aromatic rings. The topological polar surface area (TPSA) is 135 Å². The van der Waals surface area contributed by atoms with Gasteiger partial charge in [0.05, 0.1) is 16.8 Å². The molecule has 0 fully saturated rings. The third-order valence-electron chi connectivity index (χ3n) is 1.73. The smallest absolute Gasteiger partial charge is 0.545 e. The minimum absolute atomic E-state index is 0. The van der Waals surface area contributed by atoms with Crippen LogP contribution in [-0.2, 0) is 10.1 Å². The maximum Gasteiger partial charge on any atom is 2.00 e. The molecular weight excluding hydrogens is 280 g/mol. The molecule has 0 amide bonds. The molecule has 0 aliphatic rings. The van der Waals surface area contributed by atoms with Crippen LogP contribution in [0.1, 0.15) is 20.7 Å². The molecule has 0 unspecified atom stereocenters. The number of aromatic carboxylic acids is 2. The van der Waals surface area contributed by atoms with Crippen LogP contribution in [0.4, 0.5) is 0 Å². The van der Waals surface area contributed by atoms with E-state index < -0.39 is 38.1 Å². The van der Waals surface area contributed by atoms with Crippen LogP contribution >= 0.6 is 0 Å². The van der Waals surface area contributed by atoms with Gasteiger partial charge in [0.1, 0.15) is 0 Å². The summed E-state index contributed by atoms with van der Waals surface area (Å²) >= 11 is 0. The van der Waals surface area contributed by atoms with Crippen LogP contribution in [0.5, 0.6) is 0 Å². The van der Waals surface area contributed by atoms with Crippen molar-refractivity contribution in [2.45, 2.75) is 4.90 Å². The minimum Gasteiger partial charge on any atom is -0.545 e. The fourth-order valence-corrected chi connectivity index (χ4v) is 1.54. The normalized spacial score (nSPS) is 10.4. The van der Waals surface area contributed by atoms with Crippen LogP contribution in [-0.4, -0.2) is 62.6 Å². The summed E-state index contributed by atoms with van der Waals surface area (Å²) in [5.41, 5.74) is -1.61. The summed E-state index contributed by atoms with van der Waals surface area (Å²) < 4.78 is 30.0. The molecule has 9 heteroatoms. The van der Waals surface area contributed by atoms with E-state index in [0.717, 1.165) is 6.07 Å². The number of hydrogen-bond donors (Lipinski definition) is 1. The zero-order valence-electron chi connectivity index (χ0n) is 8.24. The maximum absolute atomic E-state index is 10.7. The first-order valence-corrected chi connectivity index (χ1v) is 5.21. The van der Waals surface area contributed by atoms with Crippen molar-refractivity contribution < 1.29 is 32.8 Å². The van der Waals surface area contributed by atoms with Gasteiger partial charge in [-0.05, 0) is 12.1 Å². The second-order valence-electron chi connectivity index (χ2n) is 2.76. The van der Waals surface area contributed by atoms with Gasteiger partial charge in [0.2, 0.25) is 0 Å². The molecule has 7 nitrogen and oxygen atoms in total. The molecule has 1 rings (SSSR count). The molecule has 0 heterocycles. The molecule has 0 atom stereocenters. The molecule has 0 aromatic heterocycles. The Balaban J connectivity index is 0.00000256. The zero-order valence-corrected chi connectivity index (χ0v) is 11.3. The van der Waals surface area contributed by atoms with Gasteiger partial charge in [-0.3, -0.25) is 4.55 Å². The van der Waals surface area contributed by atoms with Gasteiger partial charge < -0.3 is 19.8 Å². The summed E-state index contributed by atoms with van der Waals surface area (Å²) in [5, 5.41) is 21.0. The predicted molar refractivity (Wildman–Crippen MR) is 50.7 cm³/mol. The SMILES string of the molecule is O=C([O-])c1ccc(S(=O)(=O)O)cc1C(=O)[O-].[Ca+2]. The van der Waals surface area contributed by atoms with Crippen LogP contribution < -0.4 is 10.2 Å². The van der Waals surface area contributed by atoms with Crippen molar-refractivity contribution in [1.29, 1.82) is 0 Å². The number of benzene rings is 1. The number of rotatable bonds is 3. The van der Waals surface area contributed by atoms with E-state index in [4.69, 9.17) is 4.55 Å². The largest absolute Gasteiger partial charge is 2.00 e. The van der Waals surface area contributed by atoms with E-state index in [2.05, 4.69) is 0 Å². The number of carbonyl (C=O) groups is 2. The van der Waals surface area contributed by atoms with Crippen LogP contribution in [0.3, 0.4) is 0 Å². The summed E-state index contributed by atoms with van der Waals surface area (Å²) in [6.07, 6.45) is 0. The zero-order chi connectivity index (χ0) is 12.5. The Morgan fingerprint density at radius 2 is 1.53 bits per heavy atom. The Kier molecular flexibility index (Phi) is 5.56. The molecule has 17 heavy (non-hydrogen) atoms. The standard InChI is InChI=1S/C8H6O7S.Ca/c9-7(10)5-2-1-4(16(13,14)15)3-6(5)8(11)12;/h1-3H,(H,9,10)(H,11,12)(H,13,14,15);/q;+2/p-2. The van der Waals surface area contributed by atoms with Crippen molar-refractivity contribution in [3.05, 3.63) is 29.3 Å². The summed E-state index contributed by atoms with van der Waals surface area (Å²) in [6, 6.07) is 1.92. The monoisotopic (exact) mass is 284 g/mol. The molecular formula is C8H4CaO7S. The van der Waals surface area contributed by atoms with E-state index in [1.165, 1.54) is 0 Å². The van der Waals surface area contributed by atoms with Gasteiger partial charge in [-0.15, -0.1) is 0 Å². The van der Waals surface area contributed by atoms with Crippen LogP contribution in [0, 0.1) is 0 Å². The summed E-state index contributed by atoms with van der Waals surface area (Å²) in [5.74, 6) is -3.68. The van der Waals surface area contributed by atoms with Crippen molar-refractivity contribution in [3.8, 4) is 0 Å². The molecule has 1 N–H and O–H groups in total. The van der Waals surface area contributed by atoms with Crippen molar-refractivity contribution in [2.75, 3.05) is 0 Å². The van der Waals surface area contributed by atoms with Gasteiger partial charge in [-0.2, -0.15) is 8.42 Å². The van der Waals surface area contributed by atoms with Crippen LogP contribution in [0.15, 0.2) is 23.1 Å². The van der Waals surface area contributed by atoms with Crippen molar-refractivity contribution in [2.24, 2.45) is 0 Å². The van der Waals surface area contributed by atoms with E-state index >= 15 is 0 Å². The number of carboxylic acids is 2. The minimum atomic E-state index is -4.61. The van der Waals surface area contributed by atoms with Crippen LogP contribution in [0.2, 0.25) is 0 Å². The molecule has 0 saturated heterocycles. The molecule has 0 aliphatic carbocycles. The maximum atomic E-state index is 10.7. The second-order valence-corrected chi connectivity index (χ2v) is 4.18. The first kappa shape index (κ1) is 16.3. The Labute approximate surface area is 126 Å². The van der Waals surface area contributed by atoms with Crippen molar-refractivity contribution >= 4 is 59.8 Å². The third kappa shape index (κ3) is 3.93. The van der Waals surface area contributed by atoms with E-state index in [-0.39, 0.29) is 37.7 Å². The first-order valence-electron chi connectivity index (χ1n) is 3.77. The number of hydrogen-bond acceptors (Lipinski definition) is 6. The quantitative estimate of drug-likeness (QED) is 0.470. The number of carbonyl (C=O) groups excluding carboxylic acids is 2. The van der Waals surface area contributed by atoms with E-state index in [9.17, 15) is 28.2 Å². The average molecular weight is 284 g/mol. The molecule has 0 aliphatic heterocycles. The Morgan fingerprint density at radius 3 is 1.88 bits per heavy atom. The van der Waals surface area contributed by atoms with Crippen molar-refractivity contribution in [1.82, 2.24) is 0 Å². The van der Waals surface area contributed by atoms with Gasteiger partial charge in [0.25, 0.3) is 10.1 Å². The van der Waals surface area contributed by atoms with Gasteiger partial charge in [0, 0.05) is 11.1 Å². The first-order chi connectivity index (χ1) is 7.23. The van der Waals surface area contributed by atoms with Gasteiger partial charge in [-0.1, -0.05) is 6.07 Å². The summed E-state index contributed by atoms with van der Waals surface area (Å²) in [4.78, 5) is 20.3. The molecule has 0 radical (unpaired) electrons. The Hall–Kier alpha value is -0.670. The molecule has 86 valence electrons. The van der Waals surface area contributed by atoms with Gasteiger partial charge >= 0.3 is 37.7 Å². The fourth-order valence-electron chi connectivity index (χ4n) is 1.03. The second kappa shape index (κ2) is 5.78. The average Bonchev–Trinajstić information content (AvgIpc) is 2.15. The third-order valence-corrected chi connectivity index (χ3v) is 2.58. The Bertz CT molecular complexity index is 563. The summed E-state index contributed by atoms with van der Waals surface area (Å²) in [7, 11) is -4.61. The van der Waals surface area contributed by atoms with Crippen LogP contribution in [0.25, 0.3) is 0 Å². The summed E-state index contributed by atoms with van der Waals surface area (Å²) in [6.45, 7) is 0. The fraction of sp³-hybridized carbons (Fsp3) is 0. The number of carboxylic acid groups (broad SMARTS) is 2. The van der Waals surface area contributed by atoms with E-state index in [1.54, 1.807) is 0 Å².